The summed E-state index contributed by atoms with van der Waals surface area (Å²) in [4.78, 5) is 18.6. The molecule has 0 atom stereocenters. The number of nitro groups is 1. The molecule has 104 valence electrons. The normalized spacial score (nSPS) is 10.6. The Morgan fingerprint density at radius 3 is 2.75 bits per heavy atom. The van der Waals surface area contributed by atoms with Crippen LogP contribution in [0.15, 0.2) is 30.6 Å². The van der Waals surface area contributed by atoms with E-state index in [0.29, 0.717) is 11.3 Å². The molecule has 2 heterocycles. The van der Waals surface area contributed by atoms with Crippen molar-refractivity contribution in [2.45, 2.75) is 20.0 Å². The molecule has 0 bridgehead atoms. The number of nitrogens with zero attached hydrogens (tertiary/aromatic N) is 3. The van der Waals surface area contributed by atoms with Gasteiger partial charge in [-0.05, 0) is 26.0 Å². The van der Waals surface area contributed by atoms with Gasteiger partial charge >= 0.3 is 0 Å². The lowest BCUT2D eigenvalue weighted by atomic mass is 10.1. The van der Waals surface area contributed by atoms with Gasteiger partial charge in [0, 0.05) is 17.8 Å². The van der Waals surface area contributed by atoms with Crippen LogP contribution in [0, 0.1) is 10.1 Å². The largest absolute Gasteiger partial charge is 0.489 e. The Morgan fingerprint density at radius 1 is 1.35 bits per heavy atom. The SMILES string of the molecule is CC(C)Oc1cncc(-c2nc(Cl)ccc2[N+](=O)[O-])c1. The summed E-state index contributed by atoms with van der Waals surface area (Å²) in [7, 11) is 0. The maximum Gasteiger partial charge on any atom is 0.295 e. The highest BCUT2D eigenvalue weighted by Crippen LogP contribution is 2.30. The predicted octanol–water partition coefficient (Wildman–Crippen LogP) is 3.49. The van der Waals surface area contributed by atoms with Crippen molar-refractivity contribution in [2.24, 2.45) is 0 Å². The summed E-state index contributed by atoms with van der Waals surface area (Å²) in [6.07, 6.45) is 3.01. The zero-order valence-electron chi connectivity index (χ0n) is 10.9. The molecule has 2 aromatic rings. The summed E-state index contributed by atoms with van der Waals surface area (Å²) in [6.45, 7) is 3.76. The predicted molar refractivity (Wildman–Crippen MR) is 74.9 cm³/mol. The van der Waals surface area contributed by atoms with Gasteiger partial charge in [0.05, 0.1) is 17.2 Å². The molecule has 0 aliphatic heterocycles. The topological polar surface area (TPSA) is 78.2 Å². The van der Waals surface area contributed by atoms with E-state index in [1.54, 1.807) is 12.3 Å². The van der Waals surface area contributed by atoms with Crippen LogP contribution in [0.4, 0.5) is 5.69 Å². The average molecular weight is 294 g/mol. The minimum atomic E-state index is -0.505. The first-order chi connectivity index (χ1) is 9.47. The second-order valence-electron chi connectivity index (χ2n) is 4.33. The quantitative estimate of drug-likeness (QED) is 0.490. The van der Waals surface area contributed by atoms with Crippen LogP contribution in [0.1, 0.15) is 13.8 Å². The van der Waals surface area contributed by atoms with Crippen molar-refractivity contribution in [1.29, 1.82) is 0 Å². The van der Waals surface area contributed by atoms with Crippen molar-refractivity contribution in [3.63, 3.8) is 0 Å². The molecule has 0 aliphatic carbocycles. The Bertz CT molecular complexity index is 647. The van der Waals surface area contributed by atoms with E-state index in [4.69, 9.17) is 16.3 Å². The monoisotopic (exact) mass is 293 g/mol. The van der Waals surface area contributed by atoms with Crippen LogP contribution < -0.4 is 4.74 Å². The molecule has 0 unspecified atom stereocenters. The van der Waals surface area contributed by atoms with Gasteiger partial charge in [-0.25, -0.2) is 4.98 Å². The Balaban J connectivity index is 2.50. The van der Waals surface area contributed by atoms with Gasteiger partial charge in [-0.3, -0.25) is 15.1 Å². The molecule has 2 aromatic heterocycles. The smallest absolute Gasteiger partial charge is 0.295 e. The Morgan fingerprint density at radius 2 is 2.10 bits per heavy atom. The third-order valence-electron chi connectivity index (χ3n) is 2.40. The summed E-state index contributed by atoms with van der Waals surface area (Å²) in [5.74, 6) is 0.522. The van der Waals surface area contributed by atoms with E-state index in [2.05, 4.69) is 9.97 Å². The fraction of sp³-hybridized carbons (Fsp3) is 0.231. The second kappa shape index (κ2) is 5.83. The molecular formula is C13H12ClN3O3. The lowest BCUT2D eigenvalue weighted by Gasteiger charge is -2.10. The number of hydrogen-bond acceptors (Lipinski definition) is 5. The molecule has 0 amide bonds. The van der Waals surface area contributed by atoms with Crippen molar-refractivity contribution >= 4 is 17.3 Å². The van der Waals surface area contributed by atoms with Crippen molar-refractivity contribution in [3.05, 3.63) is 45.9 Å². The number of halogens is 1. The minimum absolute atomic E-state index is 0.0191. The first-order valence-electron chi connectivity index (χ1n) is 5.90. The van der Waals surface area contributed by atoms with Crippen molar-refractivity contribution in [2.75, 3.05) is 0 Å². The molecule has 0 aliphatic rings. The van der Waals surface area contributed by atoms with Crippen LogP contribution in [-0.4, -0.2) is 21.0 Å². The van der Waals surface area contributed by atoms with Gasteiger partial charge in [-0.1, -0.05) is 11.6 Å². The van der Waals surface area contributed by atoms with E-state index >= 15 is 0 Å². The van der Waals surface area contributed by atoms with Gasteiger partial charge in [0.25, 0.3) is 5.69 Å². The van der Waals surface area contributed by atoms with E-state index < -0.39 is 4.92 Å². The van der Waals surface area contributed by atoms with E-state index in [-0.39, 0.29) is 22.6 Å². The molecule has 0 spiro atoms. The Hall–Kier alpha value is -2.21. The molecule has 0 saturated heterocycles. The molecule has 0 aromatic carbocycles. The molecule has 2 rings (SSSR count). The van der Waals surface area contributed by atoms with Gasteiger partial charge < -0.3 is 4.74 Å². The Labute approximate surface area is 120 Å². The zero-order chi connectivity index (χ0) is 14.7. The van der Waals surface area contributed by atoms with Crippen molar-refractivity contribution < 1.29 is 9.66 Å². The fourth-order valence-electron chi connectivity index (χ4n) is 1.67. The second-order valence-corrected chi connectivity index (χ2v) is 4.72. The molecule has 6 nitrogen and oxygen atoms in total. The average Bonchev–Trinajstić information content (AvgIpc) is 2.37. The lowest BCUT2D eigenvalue weighted by molar-refractivity contribution is -0.384. The number of aromatic nitrogens is 2. The molecule has 7 heteroatoms. The molecule has 0 fully saturated rings. The van der Waals surface area contributed by atoms with E-state index in [1.165, 1.54) is 18.3 Å². The minimum Gasteiger partial charge on any atom is -0.489 e. The summed E-state index contributed by atoms with van der Waals surface area (Å²) in [5.41, 5.74) is 0.527. The van der Waals surface area contributed by atoms with Crippen molar-refractivity contribution in [1.82, 2.24) is 9.97 Å². The summed E-state index contributed by atoms with van der Waals surface area (Å²) >= 11 is 5.81. The summed E-state index contributed by atoms with van der Waals surface area (Å²) < 4.78 is 5.51. The highest BCUT2D eigenvalue weighted by atomic mass is 35.5. The lowest BCUT2D eigenvalue weighted by Crippen LogP contribution is -2.06. The Kier molecular flexibility index (Phi) is 4.14. The summed E-state index contributed by atoms with van der Waals surface area (Å²) in [6, 6.07) is 4.35. The van der Waals surface area contributed by atoms with Crippen LogP contribution in [0.5, 0.6) is 5.75 Å². The van der Waals surface area contributed by atoms with Gasteiger partial charge in [0.2, 0.25) is 0 Å². The first kappa shape index (κ1) is 14.2. The molecular weight excluding hydrogens is 282 g/mol. The van der Waals surface area contributed by atoms with Gasteiger partial charge in [-0.2, -0.15) is 0 Å². The third-order valence-corrected chi connectivity index (χ3v) is 2.61. The summed E-state index contributed by atoms with van der Waals surface area (Å²) in [5, 5.41) is 11.2. The first-order valence-corrected chi connectivity index (χ1v) is 6.28. The van der Waals surface area contributed by atoms with Crippen LogP contribution in [-0.2, 0) is 0 Å². The van der Waals surface area contributed by atoms with Crippen LogP contribution >= 0.6 is 11.6 Å². The van der Waals surface area contributed by atoms with Gasteiger partial charge in [0.1, 0.15) is 10.9 Å². The van der Waals surface area contributed by atoms with Crippen LogP contribution in [0.25, 0.3) is 11.3 Å². The van der Waals surface area contributed by atoms with Gasteiger partial charge in [-0.15, -0.1) is 0 Å². The fourth-order valence-corrected chi connectivity index (χ4v) is 1.82. The standard InChI is InChI=1S/C13H12ClN3O3/c1-8(2)20-10-5-9(6-15-7-10)13-11(17(18)19)3-4-12(14)16-13/h3-8H,1-2H3. The van der Waals surface area contributed by atoms with Crippen LogP contribution in [0.3, 0.4) is 0 Å². The highest BCUT2D eigenvalue weighted by molar-refractivity contribution is 6.29. The molecule has 0 radical (unpaired) electrons. The number of pyridine rings is 2. The molecule has 20 heavy (non-hydrogen) atoms. The van der Waals surface area contributed by atoms with Gasteiger partial charge in [0.15, 0.2) is 5.69 Å². The van der Waals surface area contributed by atoms with E-state index in [0.717, 1.165) is 0 Å². The van der Waals surface area contributed by atoms with E-state index in [9.17, 15) is 10.1 Å². The molecule has 0 saturated carbocycles. The molecule has 0 N–H and O–H groups in total. The highest BCUT2D eigenvalue weighted by Gasteiger charge is 2.18. The van der Waals surface area contributed by atoms with Crippen molar-refractivity contribution in [3.8, 4) is 17.0 Å². The van der Waals surface area contributed by atoms with E-state index in [1.807, 2.05) is 13.8 Å². The number of ether oxygens (including phenoxy) is 1. The third kappa shape index (κ3) is 3.21. The van der Waals surface area contributed by atoms with Crippen LogP contribution in [0.2, 0.25) is 5.15 Å². The maximum absolute atomic E-state index is 11.0. The number of hydrogen-bond donors (Lipinski definition) is 0. The number of rotatable bonds is 4. The zero-order valence-corrected chi connectivity index (χ0v) is 11.7. The maximum atomic E-state index is 11.0.